The van der Waals surface area contributed by atoms with Crippen molar-refractivity contribution < 1.29 is 9.59 Å². The molecule has 7 heteroatoms. The lowest BCUT2D eigenvalue weighted by molar-refractivity contribution is -0.119. The Hall–Kier alpha value is -1.95. The Bertz CT molecular complexity index is 591. The van der Waals surface area contributed by atoms with E-state index in [1.807, 2.05) is 25.1 Å². The SMILES string of the molecule is CN(C)c1ccc(Cl)cc1NC(=O)N1CCCC(CC(N)=O)C1. The second kappa shape index (κ2) is 7.55. The second-order valence-electron chi connectivity index (χ2n) is 6.11. The van der Waals surface area contributed by atoms with Crippen molar-refractivity contribution in [1.29, 1.82) is 0 Å². The summed E-state index contributed by atoms with van der Waals surface area (Å²) in [6, 6.07) is 5.21. The molecule has 2 rings (SSSR count). The van der Waals surface area contributed by atoms with E-state index in [-0.39, 0.29) is 17.9 Å². The minimum atomic E-state index is -0.318. The van der Waals surface area contributed by atoms with Gasteiger partial charge >= 0.3 is 6.03 Å². The average Bonchev–Trinajstić information content (AvgIpc) is 2.46. The molecule has 0 aromatic heterocycles. The van der Waals surface area contributed by atoms with Crippen LogP contribution in [0.2, 0.25) is 5.02 Å². The summed E-state index contributed by atoms with van der Waals surface area (Å²) < 4.78 is 0. The molecule has 3 amide bonds. The normalized spacial score (nSPS) is 17.7. The van der Waals surface area contributed by atoms with Crippen LogP contribution in [-0.2, 0) is 4.79 Å². The van der Waals surface area contributed by atoms with E-state index in [1.54, 1.807) is 17.0 Å². The van der Waals surface area contributed by atoms with E-state index in [0.717, 1.165) is 18.5 Å². The van der Waals surface area contributed by atoms with Gasteiger partial charge < -0.3 is 20.9 Å². The third kappa shape index (κ3) is 4.76. The first kappa shape index (κ1) is 17.4. The van der Waals surface area contributed by atoms with Crippen molar-refractivity contribution in [2.45, 2.75) is 19.3 Å². The zero-order valence-corrected chi connectivity index (χ0v) is 14.3. The van der Waals surface area contributed by atoms with E-state index < -0.39 is 0 Å². The Balaban J connectivity index is 2.07. The number of halogens is 1. The summed E-state index contributed by atoms with van der Waals surface area (Å²) in [5.74, 6) is -0.179. The summed E-state index contributed by atoms with van der Waals surface area (Å²) >= 11 is 6.04. The van der Waals surface area contributed by atoms with E-state index in [0.29, 0.717) is 30.2 Å². The number of primary amides is 1. The minimum absolute atomic E-state index is 0.139. The molecule has 126 valence electrons. The van der Waals surface area contributed by atoms with Gasteiger partial charge in [0.25, 0.3) is 0 Å². The van der Waals surface area contributed by atoms with Gasteiger partial charge in [-0.3, -0.25) is 4.79 Å². The highest BCUT2D eigenvalue weighted by Crippen LogP contribution is 2.28. The van der Waals surface area contributed by atoms with Crippen LogP contribution in [0.4, 0.5) is 16.2 Å². The molecule has 3 N–H and O–H groups in total. The van der Waals surface area contributed by atoms with Crippen LogP contribution in [0.1, 0.15) is 19.3 Å². The van der Waals surface area contributed by atoms with Crippen LogP contribution in [0.25, 0.3) is 0 Å². The number of nitrogens with two attached hydrogens (primary N) is 1. The molecular weight excluding hydrogens is 316 g/mol. The highest BCUT2D eigenvalue weighted by molar-refractivity contribution is 6.31. The molecule has 1 saturated heterocycles. The molecule has 0 aliphatic carbocycles. The maximum absolute atomic E-state index is 12.5. The Morgan fingerprint density at radius 3 is 2.83 bits per heavy atom. The van der Waals surface area contributed by atoms with Gasteiger partial charge in [-0.2, -0.15) is 0 Å². The minimum Gasteiger partial charge on any atom is -0.376 e. The maximum atomic E-state index is 12.5. The highest BCUT2D eigenvalue weighted by atomic mass is 35.5. The molecule has 6 nitrogen and oxygen atoms in total. The number of nitrogens with zero attached hydrogens (tertiary/aromatic N) is 2. The van der Waals surface area contributed by atoms with Gasteiger partial charge in [0.15, 0.2) is 0 Å². The topological polar surface area (TPSA) is 78.7 Å². The van der Waals surface area contributed by atoms with Gasteiger partial charge in [0, 0.05) is 38.6 Å². The number of hydrogen-bond acceptors (Lipinski definition) is 3. The molecule has 1 aromatic rings. The van der Waals surface area contributed by atoms with E-state index in [2.05, 4.69) is 5.32 Å². The van der Waals surface area contributed by atoms with Gasteiger partial charge in [-0.15, -0.1) is 0 Å². The molecule has 1 fully saturated rings. The summed E-state index contributed by atoms with van der Waals surface area (Å²) in [5, 5.41) is 3.49. The zero-order valence-electron chi connectivity index (χ0n) is 13.5. The number of piperidine rings is 1. The monoisotopic (exact) mass is 338 g/mol. The van der Waals surface area contributed by atoms with E-state index in [4.69, 9.17) is 17.3 Å². The van der Waals surface area contributed by atoms with Crippen LogP contribution >= 0.6 is 11.6 Å². The van der Waals surface area contributed by atoms with Crippen LogP contribution in [-0.4, -0.2) is 44.0 Å². The third-order valence-electron chi connectivity index (χ3n) is 3.98. The number of hydrogen-bond donors (Lipinski definition) is 2. The smallest absolute Gasteiger partial charge is 0.321 e. The lowest BCUT2D eigenvalue weighted by Gasteiger charge is -2.32. The van der Waals surface area contributed by atoms with E-state index >= 15 is 0 Å². The Labute approximate surface area is 141 Å². The number of anilines is 2. The Morgan fingerprint density at radius 2 is 2.17 bits per heavy atom. The van der Waals surface area contributed by atoms with Gasteiger partial charge in [-0.1, -0.05) is 11.6 Å². The average molecular weight is 339 g/mol. The van der Waals surface area contributed by atoms with Crippen molar-refractivity contribution in [2.75, 3.05) is 37.4 Å². The van der Waals surface area contributed by atoms with E-state index in [1.165, 1.54) is 0 Å². The maximum Gasteiger partial charge on any atom is 0.321 e. The van der Waals surface area contributed by atoms with Crippen LogP contribution < -0.4 is 16.0 Å². The molecule has 23 heavy (non-hydrogen) atoms. The molecule has 1 heterocycles. The van der Waals surface area contributed by atoms with E-state index in [9.17, 15) is 9.59 Å². The molecule has 0 radical (unpaired) electrons. The van der Waals surface area contributed by atoms with Gasteiger partial charge in [-0.25, -0.2) is 4.79 Å². The predicted molar refractivity (Wildman–Crippen MR) is 92.9 cm³/mol. The second-order valence-corrected chi connectivity index (χ2v) is 6.55. The predicted octanol–water partition coefficient (Wildman–Crippen LogP) is 2.53. The summed E-state index contributed by atoms with van der Waals surface area (Å²) in [4.78, 5) is 27.2. The van der Waals surface area contributed by atoms with Crippen LogP contribution in [0.5, 0.6) is 0 Å². The number of nitrogens with one attached hydrogen (secondary N) is 1. The molecular formula is C16H23ClN4O2. The Kier molecular flexibility index (Phi) is 5.71. The van der Waals surface area contributed by atoms with Gasteiger partial charge in [-0.05, 0) is 37.0 Å². The number of urea groups is 1. The lowest BCUT2D eigenvalue weighted by atomic mass is 9.95. The van der Waals surface area contributed by atoms with Crippen molar-refractivity contribution in [3.63, 3.8) is 0 Å². The van der Waals surface area contributed by atoms with Crippen molar-refractivity contribution in [3.8, 4) is 0 Å². The van der Waals surface area contributed by atoms with Gasteiger partial charge in [0.2, 0.25) is 5.91 Å². The number of carbonyl (C=O) groups is 2. The number of benzene rings is 1. The fourth-order valence-electron chi connectivity index (χ4n) is 2.89. The first-order valence-corrected chi connectivity index (χ1v) is 8.05. The molecule has 1 unspecified atom stereocenters. The molecule has 0 saturated carbocycles. The van der Waals surface area contributed by atoms with Gasteiger partial charge in [0.1, 0.15) is 0 Å². The van der Waals surface area contributed by atoms with Crippen molar-refractivity contribution in [1.82, 2.24) is 4.90 Å². The quantitative estimate of drug-likeness (QED) is 0.885. The molecule has 1 aliphatic heterocycles. The fourth-order valence-corrected chi connectivity index (χ4v) is 3.07. The first-order chi connectivity index (χ1) is 10.9. The molecule has 1 atom stereocenters. The fraction of sp³-hybridized carbons (Fsp3) is 0.500. The number of carbonyl (C=O) groups excluding carboxylic acids is 2. The van der Waals surface area contributed by atoms with Crippen molar-refractivity contribution in [2.24, 2.45) is 11.7 Å². The lowest BCUT2D eigenvalue weighted by Crippen LogP contribution is -2.43. The zero-order chi connectivity index (χ0) is 17.0. The van der Waals surface area contributed by atoms with Crippen molar-refractivity contribution >= 4 is 34.9 Å². The number of likely N-dealkylation sites (tertiary alicyclic amines) is 1. The molecule has 0 bridgehead atoms. The first-order valence-electron chi connectivity index (χ1n) is 7.68. The standard InChI is InChI=1S/C16H23ClN4O2/c1-20(2)14-6-5-12(17)9-13(14)19-16(23)21-7-3-4-11(10-21)8-15(18)22/h5-6,9,11H,3-4,7-8,10H2,1-2H3,(H2,18,22)(H,19,23). The number of amides is 3. The summed E-state index contributed by atoms with van der Waals surface area (Å²) in [6.45, 7) is 1.23. The molecule has 1 aliphatic rings. The van der Waals surface area contributed by atoms with Crippen LogP contribution in [0.3, 0.4) is 0 Å². The highest BCUT2D eigenvalue weighted by Gasteiger charge is 2.25. The molecule has 0 spiro atoms. The van der Waals surface area contributed by atoms with Crippen LogP contribution in [0.15, 0.2) is 18.2 Å². The largest absolute Gasteiger partial charge is 0.376 e. The molecule has 1 aromatic carbocycles. The Morgan fingerprint density at radius 1 is 1.43 bits per heavy atom. The van der Waals surface area contributed by atoms with Gasteiger partial charge in [0.05, 0.1) is 11.4 Å². The van der Waals surface area contributed by atoms with Crippen LogP contribution in [0, 0.1) is 5.92 Å². The van der Waals surface area contributed by atoms with Crippen molar-refractivity contribution in [3.05, 3.63) is 23.2 Å². The third-order valence-corrected chi connectivity index (χ3v) is 4.21. The summed E-state index contributed by atoms with van der Waals surface area (Å²) in [5.41, 5.74) is 6.81. The summed E-state index contributed by atoms with van der Waals surface area (Å²) in [7, 11) is 3.81. The summed E-state index contributed by atoms with van der Waals surface area (Å²) in [6.07, 6.45) is 2.12. The number of rotatable bonds is 4.